The van der Waals surface area contributed by atoms with E-state index in [1.54, 1.807) is 0 Å². The summed E-state index contributed by atoms with van der Waals surface area (Å²) < 4.78 is 0. The topological polar surface area (TPSA) is 26.7 Å². The number of likely N-dealkylation sites (N-methyl/N-ethyl adjacent to an activating group) is 1. The third-order valence-corrected chi connectivity index (χ3v) is 3.80. The average molecular weight is 248 g/mol. The predicted octanol–water partition coefficient (Wildman–Crippen LogP) is 1.75. The highest BCUT2D eigenvalue weighted by molar-refractivity contribution is 5.20. The number of aliphatic hydroxyl groups excluding tert-OH is 1. The van der Waals surface area contributed by atoms with Crippen LogP contribution < -0.4 is 0 Å². The Morgan fingerprint density at radius 3 is 2.67 bits per heavy atom. The molecule has 2 atom stereocenters. The highest BCUT2D eigenvalue weighted by Crippen LogP contribution is 2.24. The van der Waals surface area contributed by atoms with Crippen LogP contribution in [-0.4, -0.2) is 54.2 Å². The lowest BCUT2D eigenvalue weighted by molar-refractivity contribution is 0.0393. The summed E-state index contributed by atoms with van der Waals surface area (Å²) in [4.78, 5) is 4.79. The fourth-order valence-electron chi connectivity index (χ4n) is 2.57. The summed E-state index contributed by atoms with van der Waals surface area (Å²) in [6.45, 7) is 5.98. The van der Waals surface area contributed by atoms with E-state index >= 15 is 0 Å². The van der Waals surface area contributed by atoms with Crippen molar-refractivity contribution in [3.8, 4) is 0 Å². The average Bonchev–Trinajstić information content (AvgIpc) is 2.41. The maximum atomic E-state index is 9.89. The zero-order valence-electron chi connectivity index (χ0n) is 11.4. The Labute approximate surface area is 110 Å². The van der Waals surface area contributed by atoms with Crippen LogP contribution in [0.2, 0.25) is 0 Å². The van der Waals surface area contributed by atoms with Gasteiger partial charge in [-0.15, -0.1) is 0 Å². The van der Waals surface area contributed by atoms with Gasteiger partial charge in [-0.25, -0.2) is 0 Å². The molecule has 0 unspecified atom stereocenters. The van der Waals surface area contributed by atoms with Crippen molar-refractivity contribution >= 4 is 0 Å². The van der Waals surface area contributed by atoms with Gasteiger partial charge in [0, 0.05) is 32.2 Å². The molecule has 0 amide bonds. The van der Waals surface area contributed by atoms with Crippen LogP contribution in [0.5, 0.6) is 0 Å². The van der Waals surface area contributed by atoms with E-state index in [9.17, 15) is 5.11 Å². The second-order valence-electron chi connectivity index (χ2n) is 5.25. The first-order chi connectivity index (χ1) is 8.70. The summed E-state index contributed by atoms with van der Waals surface area (Å²) in [7, 11) is 2.17. The third kappa shape index (κ3) is 3.31. The number of nitrogens with zero attached hydrogens (tertiary/aromatic N) is 2. The lowest BCUT2D eigenvalue weighted by atomic mass is 10.0. The first-order valence-electron chi connectivity index (χ1n) is 6.86. The molecule has 1 aliphatic rings. The van der Waals surface area contributed by atoms with E-state index in [0.29, 0.717) is 6.04 Å². The minimum absolute atomic E-state index is 0.209. The molecule has 1 aromatic carbocycles. The Morgan fingerprint density at radius 1 is 1.28 bits per heavy atom. The van der Waals surface area contributed by atoms with Gasteiger partial charge in [0.25, 0.3) is 0 Å². The van der Waals surface area contributed by atoms with Gasteiger partial charge >= 0.3 is 0 Å². The van der Waals surface area contributed by atoms with Crippen molar-refractivity contribution in [2.45, 2.75) is 25.5 Å². The first-order valence-corrected chi connectivity index (χ1v) is 6.86. The Hall–Kier alpha value is -0.900. The number of β-amino-alcohol motifs (C(OH)–C–C–N with tert-alkyl or cyclic N) is 1. The van der Waals surface area contributed by atoms with Gasteiger partial charge in [-0.3, -0.25) is 4.90 Å². The maximum Gasteiger partial charge on any atom is 0.0664 e. The van der Waals surface area contributed by atoms with E-state index in [2.05, 4.69) is 47.2 Å². The molecule has 18 heavy (non-hydrogen) atoms. The van der Waals surface area contributed by atoms with Crippen molar-refractivity contribution in [1.29, 1.82) is 0 Å². The van der Waals surface area contributed by atoms with Gasteiger partial charge in [-0.1, -0.05) is 37.3 Å². The largest absolute Gasteiger partial charge is 0.392 e. The SMILES string of the molecule is CC[C@@H](O)CN1CCN(C)C[C@H]1c1ccccc1. The van der Waals surface area contributed by atoms with Crippen molar-refractivity contribution in [2.24, 2.45) is 0 Å². The molecular weight excluding hydrogens is 224 g/mol. The van der Waals surface area contributed by atoms with Crippen LogP contribution in [0.4, 0.5) is 0 Å². The van der Waals surface area contributed by atoms with E-state index in [0.717, 1.165) is 32.6 Å². The van der Waals surface area contributed by atoms with Crippen LogP contribution in [0.1, 0.15) is 24.9 Å². The number of aliphatic hydroxyl groups is 1. The van der Waals surface area contributed by atoms with Gasteiger partial charge in [0.15, 0.2) is 0 Å². The lowest BCUT2D eigenvalue weighted by Gasteiger charge is -2.41. The second-order valence-corrected chi connectivity index (χ2v) is 5.25. The molecule has 1 N–H and O–H groups in total. The smallest absolute Gasteiger partial charge is 0.0664 e. The Kier molecular flexibility index (Phi) is 4.75. The summed E-state index contributed by atoms with van der Waals surface area (Å²) in [5, 5.41) is 9.89. The fourth-order valence-corrected chi connectivity index (χ4v) is 2.57. The highest BCUT2D eigenvalue weighted by atomic mass is 16.3. The van der Waals surface area contributed by atoms with E-state index in [4.69, 9.17) is 0 Å². The molecule has 1 aliphatic heterocycles. The van der Waals surface area contributed by atoms with Crippen LogP contribution in [0, 0.1) is 0 Å². The molecular formula is C15H24N2O. The van der Waals surface area contributed by atoms with Gasteiger partial charge in [0.2, 0.25) is 0 Å². The normalized spacial score (nSPS) is 24.1. The Balaban J connectivity index is 2.11. The molecule has 1 fully saturated rings. The quantitative estimate of drug-likeness (QED) is 0.879. The van der Waals surface area contributed by atoms with Gasteiger partial charge in [-0.2, -0.15) is 0 Å². The summed E-state index contributed by atoms with van der Waals surface area (Å²) in [6, 6.07) is 11.0. The van der Waals surface area contributed by atoms with Crippen LogP contribution in [0.3, 0.4) is 0 Å². The molecule has 1 aromatic rings. The van der Waals surface area contributed by atoms with E-state index < -0.39 is 0 Å². The number of piperazine rings is 1. The summed E-state index contributed by atoms with van der Waals surface area (Å²) >= 11 is 0. The number of hydrogen-bond acceptors (Lipinski definition) is 3. The van der Waals surface area contributed by atoms with Crippen LogP contribution >= 0.6 is 0 Å². The summed E-state index contributed by atoms with van der Waals surface area (Å²) in [5.74, 6) is 0. The molecule has 0 bridgehead atoms. The monoisotopic (exact) mass is 248 g/mol. The maximum absolute atomic E-state index is 9.89. The number of hydrogen-bond donors (Lipinski definition) is 1. The van der Waals surface area contributed by atoms with Crippen molar-refractivity contribution in [3.63, 3.8) is 0 Å². The number of benzene rings is 1. The fraction of sp³-hybridized carbons (Fsp3) is 0.600. The molecule has 1 saturated heterocycles. The zero-order chi connectivity index (χ0) is 13.0. The Bertz CT molecular complexity index is 355. The predicted molar refractivity (Wildman–Crippen MR) is 74.6 cm³/mol. The van der Waals surface area contributed by atoms with Crippen molar-refractivity contribution in [3.05, 3.63) is 35.9 Å². The van der Waals surface area contributed by atoms with Crippen LogP contribution in [-0.2, 0) is 0 Å². The molecule has 0 saturated carbocycles. The van der Waals surface area contributed by atoms with Crippen LogP contribution in [0.15, 0.2) is 30.3 Å². The zero-order valence-corrected chi connectivity index (χ0v) is 11.4. The van der Waals surface area contributed by atoms with Gasteiger partial charge in [0.1, 0.15) is 0 Å². The highest BCUT2D eigenvalue weighted by Gasteiger charge is 2.27. The van der Waals surface area contributed by atoms with Crippen molar-refractivity contribution in [2.75, 3.05) is 33.2 Å². The van der Waals surface area contributed by atoms with E-state index in [-0.39, 0.29) is 6.10 Å². The molecule has 0 aromatic heterocycles. The minimum Gasteiger partial charge on any atom is -0.392 e. The third-order valence-electron chi connectivity index (χ3n) is 3.80. The van der Waals surface area contributed by atoms with Crippen LogP contribution in [0.25, 0.3) is 0 Å². The molecule has 0 radical (unpaired) electrons. The van der Waals surface area contributed by atoms with Gasteiger partial charge in [0.05, 0.1) is 6.10 Å². The molecule has 1 heterocycles. The first kappa shape index (κ1) is 13.5. The lowest BCUT2D eigenvalue weighted by Crippen LogP contribution is -2.49. The Morgan fingerprint density at radius 2 is 2.00 bits per heavy atom. The van der Waals surface area contributed by atoms with Gasteiger partial charge < -0.3 is 10.0 Å². The molecule has 2 rings (SSSR count). The van der Waals surface area contributed by atoms with E-state index in [1.165, 1.54) is 5.56 Å². The standard InChI is InChI=1S/C15H24N2O/c1-3-14(18)11-17-10-9-16(2)12-15(17)13-7-5-4-6-8-13/h4-8,14-15,18H,3,9-12H2,1-2H3/t14-,15+/m1/s1. The molecule has 0 aliphatic carbocycles. The summed E-state index contributed by atoms with van der Waals surface area (Å²) in [6.07, 6.45) is 0.619. The number of rotatable bonds is 4. The molecule has 100 valence electrons. The molecule has 3 nitrogen and oxygen atoms in total. The van der Waals surface area contributed by atoms with Crippen molar-refractivity contribution in [1.82, 2.24) is 9.80 Å². The van der Waals surface area contributed by atoms with Gasteiger partial charge in [-0.05, 0) is 19.0 Å². The molecule has 3 heteroatoms. The van der Waals surface area contributed by atoms with E-state index in [1.807, 2.05) is 6.92 Å². The minimum atomic E-state index is -0.209. The van der Waals surface area contributed by atoms with Crippen molar-refractivity contribution < 1.29 is 5.11 Å². The summed E-state index contributed by atoms with van der Waals surface area (Å²) in [5.41, 5.74) is 1.35. The molecule has 0 spiro atoms. The second kappa shape index (κ2) is 6.32.